The van der Waals surface area contributed by atoms with Crippen LogP contribution in [0.2, 0.25) is 0 Å². The summed E-state index contributed by atoms with van der Waals surface area (Å²) in [5.41, 5.74) is 2.61. The van der Waals surface area contributed by atoms with Gasteiger partial charge in [0.2, 0.25) is 10.0 Å². The summed E-state index contributed by atoms with van der Waals surface area (Å²) in [6, 6.07) is 7.13. The van der Waals surface area contributed by atoms with Crippen molar-refractivity contribution in [3.8, 4) is 0 Å². The van der Waals surface area contributed by atoms with Gasteiger partial charge in [0.1, 0.15) is 0 Å². The zero-order valence-electron chi connectivity index (χ0n) is 13.4. The van der Waals surface area contributed by atoms with Crippen LogP contribution in [0.15, 0.2) is 24.3 Å². The number of nitrogens with zero attached hydrogens (tertiary/aromatic N) is 2. The van der Waals surface area contributed by atoms with E-state index in [1.165, 1.54) is 21.9 Å². The molecule has 7 nitrogen and oxygen atoms in total. The van der Waals surface area contributed by atoms with Gasteiger partial charge in [0.05, 0.1) is 11.9 Å². The lowest BCUT2D eigenvalue weighted by Crippen LogP contribution is -2.34. The Hall–Kier alpha value is -1.97. The molecule has 0 saturated heterocycles. The highest BCUT2D eigenvalue weighted by Crippen LogP contribution is 2.29. The van der Waals surface area contributed by atoms with Crippen LogP contribution in [0.4, 0.5) is 15.6 Å². The number of thiazole rings is 1. The summed E-state index contributed by atoms with van der Waals surface area (Å²) in [6.45, 7) is 2.68. The summed E-state index contributed by atoms with van der Waals surface area (Å²) in [5.74, 6) is 0. The molecule has 0 bridgehead atoms. The zero-order chi connectivity index (χ0) is 17.3. The predicted octanol–water partition coefficient (Wildman–Crippen LogP) is 2.41. The molecule has 0 saturated carbocycles. The lowest BCUT2D eigenvalue weighted by molar-refractivity contribution is 0.262. The lowest BCUT2D eigenvalue weighted by Gasteiger charge is -2.23. The minimum absolute atomic E-state index is 0.313. The second-order valence-corrected chi connectivity index (χ2v) is 8.75. The average Bonchev–Trinajstić information content (AvgIpc) is 2.87. The van der Waals surface area contributed by atoms with Crippen molar-refractivity contribution in [3.63, 3.8) is 0 Å². The minimum atomic E-state index is -3.21. The predicted molar refractivity (Wildman–Crippen MR) is 94.9 cm³/mol. The summed E-state index contributed by atoms with van der Waals surface area (Å²) < 4.78 is 24.7. The molecule has 1 aliphatic heterocycles. The number of aryl methyl sites for hydroxylation is 1. The van der Waals surface area contributed by atoms with Crippen LogP contribution in [0.3, 0.4) is 0 Å². The Morgan fingerprint density at radius 3 is 2.83 bits per heavy atom. The summed E-state index contributed by atoms with van der Waals surface area (Å²) >= 11 is 1.31. The van der Waals surface area contributed by atoms with Crippen molar-refractivity contribution in [2.75, 3.05) is 23.4 Å². The number of hydrogen-bond donors (Lipinski definition) is 2. The van der Waals surface area contributed by atoms with Crippen molar-refractivity contribution in [2.24, 2.45) is 0 Å². The van der Waals surface area contributed by atoms with Gasteiger partial charge in [-0.3, -0.25) is 5.32 Å². The number of hydrogen-bond acceptors (Lipinski definition) is 5. The molecule has 9 heteroatoms. The number of amides is 2. The maximum Gasteiger partial charge on any atom is 0.325 e. The molecule has 0 fully saturated rings. The first-order chi connectivity index (χ1) is 11.3. The van der Waals surface area contributed by atoms with Crippen LogP contribution in [-0.4, -0.2) is 36.5 Å². The molecular formula is C15H18N4O3S2. The highest BCUT2D eigenvalue weighted by molar-refractivity contribution is 7.88. The molecule has 24 heavy (non-hydrogen) atoms. The molecule has 0 unspecified atom stereocenters. The quantitative estimate of drug-likeness (QED) is 0.873. The molecule has 1 aromatic carbocycles. The van der Waals surface area contributed by atoms with Crippen LogP contribution in [0.5, 0.6) is 0 Å². The Kier molecular flexibility index (Phi) is 4.57. The van der Waals surface area contributed by atoms with Gasteiger partial charge in [-0.25, -0.2) is 18.2 Å². The fourth-order valence-electron chi connectivity index (χ4n) is 2.49. The van der Waals surface area contributed by atoms with Gasteiger partial charge in [-0.15, -0.1) is 0 Å². The van der Waals surface area contributed by atoms with Gasteiger partial charge in [-0.05, 0) is 24.6 Å². The Bertz CT molecular complexity index is 877. The number of nitrogens with one attached hydrogen (secondary N) is 2. The smallest absolute Gasteiger partial charge is 0.308 e. The third-order valence-corrected chi connectivity index (χ3v) is 5.91. The third-order valence-electron chi connectivity index (χ3n) is 3.66. The van der Waals surface area contributed by atoms with E-state index in [0.717, 1.165) is 16.1 Å². The third kappa shape index (κ3) is 3.92. The van der Waals surface area contributed by atoms with Gasteiger partial charge >= 0.3 is 6.03 Å². The standard InChI is InChI=1S/C15H18N4O3S2/c1-10-4-3-5-11(8-10)16-14(20)18-15-17-12-6-7-19(24(2,21)22)9-13(12)23-15/h3-5,8H,6-7,9H2,1-2H3,(H2,16,17,18,20). The first-order valence-corrected chi connectivity index (χ1v) is 10.1. The first-order valence-electron chi connectivity index (χ1n) is 7.39. The van der Waals surface area contributed by atoms with E-state index in [9.17, 15) is 13.2 Å². The van der Waals surface area contributed by atoms with Crippen LogP contribution in [0, 0.1) is 6.92 Å². The Balaban J connectivity index is 1.67. The van der Waals surface area contributed by atoms with E-state index < -0.39 is 10.0 Å². The van der Waals surface area contributed by atoms with Crippen LogP contribution in [0.25, 0.3) is 0 Å². The van der Waals surface area contributed by atoms with Gasteiger partial charge < -0.3 is 5.32 Å². The number of anilines is 2. The largest absolute Gasteiger partial charge is 0.325 e. The second-order valence-electron chi connectivity index (χ2n) is 5.68. The highest BCUT2D eigenvalue weighted by atomic mass is 32.2. The van der Waals surface area contributed by atoms with E-state index in [0.29, 0.717) is 30.3 Å². The topological polar surface area (TPSA) is 91.4 Å². The zero-order valence-corrected chi connectivity index (χ0v) is 15.0. The van der Waals surface area contributed by atoms with Gasteiger partial charge in [0.25, 0.3) is 0 Å². The molecule has 1 aromatic heterocycles. The fourth-order valence-corrected chi connectivity index (χ4v) is 4.38. The molecule has 2 aromatic rings. The molecule has 0 atom stereocenters. The van der Waals surface area contributed by atoms with Crippen molar-refractivity contribution >= 4 is 38.2 Å². The number of carbonyl (C=O) groups is 1. The molecular weight excluding hydrogens is 348 g/mol. The first kappa shape index (κ1) is 16.9. The minimum Gasteiger partial charge on any atom is -0.308 e. The number of rotatable bonds is 3. The summed E-state index contributed by atoms with van der Waals surface area (Å²) in [6.07, 6.45) is 1.76. The van der Waals surface area contributed by atoms with Crippen LogP contribution < -0.4 is 10.6 Å². The molecule has 3 rings (SSSR count). The molecule has 0 radical (unpaired) electrons. The van der Waals surface area contributed by atoms with Crippen molar-refractivity contribution < 1.29 is 13.2 Å². The molecule has 0 aliphatic carbocycles. The number of urea groups is 1. The van der Waals surface area contributed by atoms with E-state index in [2.05, 4.69) is 15.6 Å². The van der Waals surface area contributed by atoms with E-state index in [1.54, 1.807) is 0 Å². The second kappa shape index (κ2) is 6.50. The van der Waals surface area contributed by atoms with Crippen LogP contribution in [-0.2, 0) is 23.0 Å². The summed E-state index contributed by atoms with van der Waals surface area (Å²) in [4.78, 5) is 17.3. The fraction of sp³-hybridized carbons (Fsp3) is 0.333. The molecule has 2 N–H and O–H groups in total. The van der Waals surface area contributed by atoms with E-state index >= 15 is 0 Å². The normalized spacial score (nSPS) is 14.9. The highest BCUT2D eigenvalue weighted by Gasteiger charge is 2.26. The maximum absolute atomic E-state index is 12.1. The molecule has 128 valence electrons. The van der Waals surface area contributed by atoms with Gasteiger partial charge in [-0.2, -0.15) is 4.31 Å². The number of benzene rings is 1. The average molecular weight is 366 g/mol. The number of aromatic nitrogens is 1. The molecule has 2 heterocycles. The van der Waals surface area contributed by atoms with Crippen molar-refractivity contribution in [1.82, 2.24) is 9.29 Å². The van der Waals surface area contributed by atoms with Gasteiger partial charge in [0.15, 0.2) is 5.13 Å². The van der Waals surface area contributed by atoms with Crippen LogP contribution in [0.1, 0.15) is 16.1 Å². The Morgan fingerprint density at radius 2 is 2.12 bits per heavy atom. The molecule has 1 aliphatic rings. The summed E-state index contributed by atoms with van der Waals surface area (Å²) in [7, 11) is -3.21. The van der Waals surface area contributed by atoms with E-state index in [1.807, 2.05) is 31.2 Å². The monoisotopic (exact) mass is 366 g/mol. The van der Waals surface area contributed by atoms with Crippen molar-refractivity contribution in [2.45, 2.75) is 19.9 Å². The molecule has 0 spiro atoms. The van der Waals surface area contributed by atoms with Gasteiger partial charge in [0, 0.05) is 30.1 Å². The number of sulfonamides is 1. The Morgan fingerprint density at radius 1 is 1.33 bits per heavy atom. The number of fused-ring (bicyclic) bond motifs is 1. The van der Waals surface area contributed by atoms with Crippen LogP contribution >= 0.6 is 11.3 Å². The number of carbonyl (C=O) groups excluding carboxylic acids is 1. The van der Waals surface area contributed by atoms with Crippen molar-refractivity contribution in [1.29, 1.82) is 0 Å². The maximum atomic E-state index is 12.1. The van der Waals surface area contributed by atoms with Gasteiger partial charge in [-0.1, -0.05) is 23.5 Å². The van der Waals surface area contributed by atoms with E-state index in [4.69, 9.17) is 0 Å². The molecule has 2 amide bonds. The lowest BCUT2D eigenvalue weighted by atomic mass is 10.2. The Labute approximate surface area is 144 Å². The summed E-state index contributed by atoms with van der Waals surface area (Å²) in [5, 5.41) is 5.94. The SMILES string of the molecule is Cc1cccc(NC(=O)Nc2nc3c(s2)CN(S(C)(=O)=O)CC3)c1. The van der Waals surface area contributed by atoms with E-state index in [-0.39, 0.29) is 6.03 Å². The van der Waals surface area contributed by atoms with Crippen molar-refractivity contribution in [3.05, 3.63) is 40.4 Å².